The predicted molar refractivity (Wildman–Crippen MR) is 63.6 cm³/mol. The van der Waals surface area contributed by atoms with Gasteiger partial charge in [-0.1, -0.05) is 42.5 Å². The highest BCUT2D eigenvalue weighted by molar-refractivity contribution is 4.96. The van der Waals surface area contributed by atoms with Crippen LogP contribution in [0.1, 0.15) is 0 Å². The molecule has 0 aliphatic carbocycles. The molecule has 0 unspecified atom stereocenters. The van der Waals surface area contributed by atoms with Crippen LogP contribution in [-0.4, -0.2) is 10.2 Å². The minimum Gasteiger partial charge on any atom is -0.290 e. The Kier molecular flexibility index (Phi) is 5.93. The summed E-state index contributed by atoms with van der Waals surface area (Å²) < 4.78 is 0. The normalized spacial score (nSPS) is 8.25. The molecule has 1 heterocycles. The molecule has 0 amide bonds. The van der Waals surface area contributed by atoms with Crippen molar-refractivity contribution in [3.63, 3.8) is 0 Å². The van der Waals surface area contributed by atoms with Crippen molar-refractivity contribution in [2.75, 3.05) is 0 Å². The summed E-state index contributed by atoms with van der Waals surface area (Å²) in [4.78, 5) is 11.2. The SMILES string of the molecule is O=c1ccccccccccnncc1. The van der Waals surface area contributed by atoms with Gasteiger partial charge in [0.25, 0.3) is 0 Å². The van der Waals surface area contributed by atoms with E-state index in [1.165, 1.54) is 18.3 Å². The topological polar surface area (TPSA) is 42.9 Å². The van der Waals surface area contributed by atoms with Crippen LogP contribution in [0, 0.1) is 0 Å². The first-order chi connectivity index (χ1) is 7.89. The van der Waals surface area contributed by atoms with Gasteiger partial charge in [-0.15, -0.1) is 0 Å². The zero-order valence-electron chi connectivity index (χ0n) is 8.73. The van der Waals surface area contributed by atoms with E-state index < -0.39 is 0 Å². The summed E-state index contributed by atoms with van der Waals surface area (Å²) in [5.74, 6) is 0. The van der Waals surface area contributed by atoms with Gasteiger partial charge in [-0.2, -0.15) is 10.2 Å². The molecule has 80 valence electrons. The lowest BCUT2D eigenvalue weighted by Crippen LogP contribution is -1.89. The highest BCUT2D eigenvalue weighted by Gasteiger charge is 1.68. The van der Waals surface area contributed by atoms with Crippen LogP contribution in [0.5, 0.6) is 0 Å². The molecular formula is C13H12N2O. The van der Waals surface area contributed by atoms with Gasteiger partial charge in [0.05, 0.1) is 6.20 Å². The van der Waals surface area contributed by atoms with E-state index in [4.69, 9.17) is 0 Å². The molecule has 0 radical (unpaired) electrons. The molecule has 1 aromatic rings. The Morgan fingerprint density at radius 1 is 0.625 bits per heavy atom. The Morgan fingerprint density at radius 2 is 1.19 bits per heavy atom. The molecule has 0 atom stereocenters. The van der Waals surface area contributed by atoms with Crippen molar-refractivity contribution in [3.05, 3.63) is 83.3 Å². The molecule has 16 heavy (non-hydrogen) atoms. The quantitative estimate of drug-likeness (QED) is 0.661. The van der Waals surface area contributed by atoms with Crippen LogP contribution in [0.4, 0.5) is 0 Å². The second-order valence-corrected chi connectivity index (χ2v) is 2.80. The van der Waals surface area contributed by atoms with Crippen LogP contribution in [-0.2, 0) is 0 Å². The molecule has 0 aliphatic heterocycles. The van der Waals surface area contributed by atoms with Gasteiger partial charge in [0.15, 0.2) is 5.43 Å². The summed E-state index contributed by atoms with van der Waals surface area (Å²) in [6.07, 6.45) is 2.91. The lowest BCUT2D eigenvalue weighted by Gasteiger charge is -1.66. The van der Waals surface area contributed by atoms with Gasteiger partial charge in [0.1, 0.15) is 0 Å². The van der Waals surface area contributed by atoms with Crippen molar-refractivity contribution >= 4 is 0 Å². The third-order valence-corrected chi connectivity index (χ3v) is 1.56. The van der Waals surface area contributed by atoms with Crippen molar-refractivity contribution in [2.45, 2.75) is 0 Å². The Labute approximate surface area is 94.1 Å². The number of rotatable bonds is 0. The Hall–Kier alpha value is -2.29. The van der Waals surface area contributed by atoms with Crippen molar-refractivity contribution in [3.8, 4) is 0 Å². The van der Waals surface area contributed by atoms with E-state index in [1.807, 2.05) is 30.3 Å². The van der Waals surface area contributed by atoms with E-state index in [0.717, 1.165) is 0 Å². The fourth-order valence-electron chi connectivity index (χ4n) is 0.863. The van der Waals surface area contributed by atoms with Gasteiger partial charge in [-0.3, -0.25) is 4.79 Å². The zero-order chi connectivity index (χ0) is 11.5. The molecule has 0 aromatic carbocycles. The molecule has 0 saturated heterocycles. The first kappa shape index (κ1) is 11.8. The van der Waals surface area contributed by atoms with E-state index in [-0.39, 0.29) is 5.43 Å². The maximum Gasteiger partial charge on any atom is 0.180 e. The zero-order valence-corrected chi connectivity index (χ0v) is 8.73. The summed E-state index contributed by atoms with van der Waals surface area (Å²) >= 11 is 0. The van der Waals surface area contributed by atoms with Crippen LogP contribution >= 0.6 is 0 Å². The lowest BCUT2D eigenvalue weighted by atomic mass is 10.4. The molecule has 0 aliphatic rings. The fraction of sp³-hybridized carbons (Fsp3) is 0. The van der Waals surface area contributed by atoms with E-state index in [9.17, 15) is 4.79 Å². The van der Waals surface area contributed by atoms with E-state index >= 15 is 0 Å². The van der Waals surface area contributed by atoms with Crippen molar-refractivity contribution in [1.82, 2.24) is 10.2 Å². The van der Waals surface area contributed by atoms with Crippen LogP contribution in [0.25, 0.3) is 0 Å². The summed E-state index contributed by atoms with van der Waals surface area (Å²) in [6, 6.07) is 17.3. The van der Waals surface area contributed by atoms with Gasteiger partial charge in [0, 0.05) is 12.3 Å². The molecule has 3 nitrogen and oxygen atoms in total. The molecule has 0 spiro atoms. The monoisotopic (exact) mass is 212 g/mol. The fourth-order valence-corrected chi connectivity index (χ4v) is 0.863. The average molecular weight is 212 g/mol. The predicted octanol–water partition coefficient (Wildman–Crippen LogP) is 2.09. The highest BCUT2D eigenvalue weighted by Crippen LogP contribution is 1.76. The lowest BCUT2D eigenvalue weighted by molar-refractivity contribution is 1.05. The maximum atomic E-state index is 11.2. The van der Waals surface area contributed by atoms with E-state index in [0.29, 0.717) is 0 Å². The highest BCUT2D eigenvalue weighted by atomic mass is 16.1. The molecule has 1 aromatic heterocycles. The summed E-state index contributed by atoms with van der Waals surface area (Å²) in [5, 5.41) is 7.37. The summed E-state index contributed by atoms with van der Waals surface area (Å²) in [6.45, 7) is 0. The average Bonchev–Trinajstić information content (AvgIpc) is 2.29. The largest absolute Gasteiger partial charge is 0.290 e. The second-order valence-electron chi connectivity index (χ2n) is 2.80. The van der Waals surface area contributed by atoms with Crippen LogP contribution < -0.4 is 5.43 Å². The van der Waals surface area contributed by atoms with Crippen LogP contribution in [0.2, 0.25) is 0 Å². The van der Waals surface area contributed by atoms with Crippen LogP contribution in [0.3, 0.4) is 0 Å². The standard InChI is InChI=1S/C13H12N2O/c16-13-9-7-5-3-1-2-4-6-8-11-14-15-12-10-13/h1-12H. The first-order valence-corrected chi connectivity index (χ1v) is 4.83. The van der Waals surface area contributed by atoms with Crippen molar-refractivity contribution in [2.24, 2.45) is 0 Å². The molecule has 0 saturated carbocycles. The third-order valence-electron chi connectivity index (χ3n) is 1.56. The molecular weight excluding hydrogens is 200 g/mol. The van der Waals surface area contributed by atoms with Gasteiger partial charge in [-0.05, 0) is 12.1 Å². The molecule has 0 N–H and O–H groups in total. The molecule has 3 heteroatoms. The van der Waals surface area contributed by atoms with E-state index in [1.54, 1.807) is 24.4 Å². The third kappa shape index (κ3) is 6.21. The maximum absolute atomic E-state index is 11.2. The number of hydrogen-bond acceptors (Lipinski definition) is 3. The van der Waals surface area contributed by atoms with Gasteiger partial charge in [0.2, 0.25) is 0 Å². The molecule has 1 rings (SSSR count). The Balaban J connectivity index is 3.17. The molecule has 0 fully saturated rings. The number of hydrogen-bond donors (Lipinski definition) is 0. The van der Waals surface area contributed by atoms with Crippen molar-refractivity contribution in [1.29, 1.82) is 0 Å². The minimum atomic E-state index is -0.121. The molecule has 0 bridgehead atoms. The van der Waals surface area contributed by atoms with Crippen molar-refractivity contribution < 1.29 is 0 Å². The second kappa shape index (κ2) is 8.05. The summed E-state index contributed by atoms with van der Waals surface area (Å²) in [7, 11) is 0. The van der Waals surface area contributed by atoms with E-state index in [2.05, 4.69) is 10.2 Å². The van der Waals surface area contributed by atoms with Crippen LogP contribution in [0.15, 0.2) is 77.9 Å². The van der Waals surface area contributed by atoms with Gasteiger partial charge < -0.3 is 0 Å². The Morgan fingerprint density at radius 3 is 1.94 bits per heavy atom. The Bertz CT molecular complexity index is 444. The first-order valence-electron chi connectivity index (χ1n) is 4.83. The smallest absolute Gasteiger partial charge is 0.180 e. The van der Waals surface area contributed by atoms with Gasteiger partial charge >= 0.3 is 0 Å². The van der Waals surface area contributed by atoms with Gasteiger partial charge in [-0.25, -0.2) is 0 Å². The minimum absolute atomic E-state index is 0.121. The summed E-state index contributed by atoms with van der Waals surface area (Å²) in [5.41, 5.74) is -0.121. The number of nitrogens with zero attached hydrogens (tertiary/aromatic N) is 2. The number of aromatic nitrogens is 2.